The van der Waals surface area contributed by atoms with Gasteiger partial charge in [-0.3, -0.25) is 9.48 Å². The molecule has 17 heavy (non-hydrogen) atoms. The van der Waals surface area contributed by atoms with Crippen molar-refractivity contribution < 1.29 is 4.79 Å². The minimum atomic E-state index is 0.00796. The zero-order chi connectivity index (χ0) is 12.4. The summed E-state index contributed by atoms with van der Waals surface area (Å²) in [6, 6.07) is 0. The van der Waals surface area contributed by atoms with Crippen LogP contribution in [0.3, 0.4) is 0 Å². The van der Waals surface area contributed by atoms with Crippen LogP contribution in [0.15, 0.2) is 6.20 Å². The van der Waals surface area contributed by atoms with Crippen LogP contribution in [-0.2, 0) is 11.8 Å². The smallest absolute Gasteiger partial charge is 0.238 e. The van der Waals surface area contributed by atoms with Crippen LogP contribution in [-0.4, -0.2) is 31.7 Å². The highest BCUT2D eigenvalue weighted by molar-refractivity contribution is 8.00. The van der Waals surface area contributed by atoms with Gasteiger partial charge in [-0.1, -0.05) is 12.2 Å². The monoisotopic (exact) mass is 270 g/mol. The van der Waals surface area contributed by atoms with Gasteiger partial charge in [0.05, 0.1) is 17.0 Å². The number of nitrogens with zero attached hydrogens (tertiary/aromatic N) is 2. The summed E-state index contributed by atoms with van der Waals surface area (Å²) in [5, 5.41) is 6.93. The van der Waals surface area contributed by atoms with Crippen LogP contribution < -0.4 is 11.1 Å². The van der Waals surface area contributed by atoms with E-state index in [9.17, 15) is 4.79 Å². The van der Waals surface area contributed by atoms with Crippen LogP contribution in [0, 0.1) is 0 Å². The van der Waals surface area contributed by atoms with Crippen molar-refractivity contribution in [2.75, 3.05) is 11.1 Å². The number of hydrogen-bond acceptors (Lipinski definition) is 4. The molecule has 2 heterocycles. The van der Waals surface area contributed by atoms with E-state index >= 15 is 0 Å². The first-order chi connectivity index (χ1) is 8.09. The zero-order valence-corrected chi connectivity index (χ0v) is 11.1. The average molecular weight is 270 g/mol. The Morgan fingerprint density at radius 3 is 3.12 bits per heavy atom. The van der Waals surface area contributed by atoms with Gasteiger partial charge >= 0.3 is 0 Å². The number of rotatable bonds is 3. The Bertz CT molecular complexity index is 451. The maximum atomic E-state index is 12.0. The van der Waals surface area contributed by atoms with Crippen LogP contribution in [0.25, 0.3) is 0 Å². The molecule has 92 valence electrons. The van der Waals surface area contributed by atoms with Crippen molar-refractivity contribution in [1.29, 1.82) is 0 Å². The van der Waals surface area contributed by atoms with E-state index in [1.807, 2.05) is 0 Å². The topological polar surface area (TPSA) is 72.9 Å². The molecule has 2 rings (SSSR count). The number of amides is 1. The molecule has 1 fully saturated rings. The Hall–Kier alpha value is -1.08. The van der Waals surface area contributed by atoms with Gasteiger partial charge in [0.25, 0.3) is 0 Å². The van der Waals surface area contributed by atoms with E-state index in [1.54, 1.807) is 29.7 Å². The second-order valence-electron chi connectivity index (χ2n) is 3.89. The number of hydrogen-bond donors (Lipinski definition) is 2. The summed E-state index contributed by atoms with van der Waals surface area (Å²) in [5.74, 6) is 1.63. The molecule has 1 atom stereocenters. The lowest BCUT2D eigenvalue weighted by Crippen LogP contribution is -2.25. The lowest BCUT2D eigenvalue weighted by Gasteiger charge is -2.11. The number of aromatic nitrogens is 2. The van der Waals surface area contributed by atoms with Gasteiger partial charge in [-0.2, -0.15) is 5.10 Å². The van der Waals surface area contributed by atoms with Crippen molar-refractivity contribution in [2.45, 2.75) is 18.1 Å². The minimum absolute atomic E-state index is 0.00796. The number of nitrogens with one attached hydrogen (secondary N) is 1. The molecule has 0 aromatic carbocycles. The summed E-state index contributed by atoms with van der Waals surface area (Å²) in [6.45, 7) is 0. The number of nitrogens with two attached hydrogens (primary N) is 1. The third-order valence-corrected chi connectivity index (χ3v) is 4.26. The number of carbonyl (C=O) groups is 1. The summed E-state index contributed by atoms with van der Waals surface area (Å²) in [5.41, 5.74) is 6.19. The van der Waals surface area contributed by atoms with Gasteiger partial charge in [0.2, 0.25) is 5.91 Å². The van der Waals surface area contributed by atoms with E-state index in [-0.39, 0.29) is 16.1 Å². The van der Waals surface area contributed by atoms with Gasteiger partial charge in [-0.25, -0.2) is 0 Å². The Morgan fingerprint density at radius 2 is 2.53 bits per heavy atom. The van der Waals surface area contributed by atoms with Crippen molar-refractivity contribution in [3.05, 3.63) is 11.8 Å². The van der Waals surface area contributed by atoms with Crippen molar-refractivity contribution in [1.82, 2.24) is 9.78 Å². The lowest BCUT2D eigenvalue weighted by atomic mass is 10.2. The van der Waals surface area contributed by atoms with Crippen molar-refractivity contribution >= 4 is 40.7 Å². The fourth-order valence-corrected chi connectivity index (χ4v) is 3.06. The number of carbonyl (C=O) groups excluding carboxylic acids is 1. The molecule has 1 aliphatic rings. The number of thioether (sulfide) groups is 1. The molecule has 5 nitrogen and oxygen atoms in total. The second-order valence-corrected chi connectivity index (χ2v) is 5.64. The summed E-state index contributed by atoms with van der Waals surface area (Å²) in [6.07, 6.45) is 3.59. The summed E-state index contributed by atoms with van der Waals surface area (Å²) in [4.78, 5) is 12.2. The molecule has 0 aliphatic carbocycles. The fraction of sp³-hybridized carbons (Fsp3) is 0.500. The first kappa shape index (κ1) is 12.4. The minimum Gasteiger partial charge on any atom is -0.389 e. The molecule has 1 unspecified atom stereocenters. The number of anilines is 1. The van der Waals surface area contributed by atoms with Crippen LogP contribution in [0.1, 0.15) is 18.4 Å². The number of aryl methyl sites for hydroxylation is 1. The van der Waals surface area contributed by atoms with Crippen molar-refractivity contribution in [3.63, 3.8) is 0 Å². The van der Waals surface area contributed by atoms with Crippen LogP contribution in [0.5, 0.6) is 0 Å². The highest BCUT2D eigenvalue weighted by Crippen LogP contribution is 2.27. The van der Waals surface area contributed by atoms with E-state index in [4.69, 9.17) is 18.0 Å². The van der Waals surface area contributed by atoms with E-state index in [1.165, 1.54) is 0 Å². The van der Waals surface area contributed by atoms with Crippen LogP contribution in [0.2, 0.25) is 0 Å². The predicted octanol–water partition coefficient (Wildman–Crippen LogP) is 0.888. The average Bonchev–Trinajstić information content (AvgIpc) is 2.89. The van der Waals surface area contributed by atoms with Gasteiger partial charge in [0.15, 0.2) is 0 Å². The third kappa shape index (κ3) is 2.61. The second kappa shape index (κ2) is 5.05. The molecule has 0 saturated carbocycles. The van der Waals surface area contributed by atoms with E-state index in [0.717, 1.165) is 18.6 Å². The van der Waals surface area contributed by atoms with Gasteiger partial charge in [0, 0.05) is 7.05 Å². The van der Waals surface area contributed by atoms with Crippen LogP contribution >= 0.6 is 24.0 Å². The molecule has 1 aromatic heterocycles. The van der Waals surface area contributed by atoms with Crippen molar-refractivity contribution in [2.24, 2.45) is 12.8 Å². The molecule has 1 amide bonds. The summed E-state index contributed by atoms with van der Waals surface area (Å²) >= 11 is 6.61. The molecule has 1 aromatic rings. The van der Waals surface area contributed by atoms with Gasteiger partial charge in [-0.15, -0.1) is 11.8 Å². The molecule has 3 N–H and O–H groups in total. The molecular formula is C10H14N4OS2. The van der Waals surface area contributed by atoms with E-state index < -0.39 is 0 Å². The Kier molecular flexibility index (Phi) is 3.68. The lowest BCUT2D eigenvalue weighted by molar-refractivity contribution is -0.115. The maximum absolute atomic E-state index is 12.0. The standard InChI is InChI=1S/C10H14N4OS2/c1-14-9(6(5-12-14)8(11)16)13-10(15)7-3-2-4-17-7/h5,7H,2-4H2,1H3,(H2,11,16)(H,13,15). The fourth-order valence-electron chi connectivity index (χ4n) is 1.75. The zero-order valence-electron chi connectivity index (χ0n) is 9.47. The Balaban J connectivity index is 2.14. The quantitative estimate of drug-likeness (QED) is 0.798. The SMILES string of the molecule is Cn1ncc(C(N)=S)c1NC(=O)C1CCCS1. The summed E-state index contributed by atoms with van der Waals surface area (Å²) in [7, 11) is 1.75. The van der Waals surface area contributed by atoms with E-state index in [2.05, 4.69) is 10.4 Å². The molecular weight excluding hydrogens is 256 g/mol. The molecule has 0 spiro atoms. The molecule has 1 aliphatic heterocycles. The normalized spacial score (nSPS) is 19.2. The van der Waals surface area contributed by atoms with Crippen LogP contribution in [0.4, 0.5) is 5.82 Å². The first-order valence-corrected chi connectivity index (χ1v) is 6.79. The molecule has 0 bridgehead atoms. The van der Waals surface area contributed by atoms with Crippen molar-refractivity contribution in [3.8, 4) is 0 Å². The van der Waals surface area contributed by atoms with Gasteiger partial charge in [-0.05, 0) is 18.6 Å². The number of thiocarbonyl (C=S) groups is 1. The maximum Gasteiger partial charge on any atom is 0.238 e. The molecule has 0 radical (unpaired) electrons. The molecule has 1 saturated heterocycles. The Morgan fingerprint density at radius 1 is 1.76 bits per heavy atom. The highest BCUT2D eigenvalue weighted by Gasteiger charge is 2.25. The largest absolute Gasteiger partial charge is 0.389 e. The highest BCUT2D eigenvalue weighted by atomic mass is 32.2. The first-order valence-electron chi connectivity index (χ1n) is 5.34. The predicted molar refractivity (Wildman–Crippen MR) is 73.2 cm³/mol. The Labute approximate surface area is 109 Å². The third-order valence-electron chi connectivity index (χ3n) is 2.67. The van der Waals surface area contributed by atoms with Gasteiger partial charge < -0.3 is 11.1 Å². The van der Waals surface area contributed by atoms with E-state index in [0.29, 0.717) is 11.4 Å². The molecule has 7 heteroatoms. The summed E-state index contributed by atoms with van der Waals surface area (Å²) < 4.78 is 1.58. The van der Waals surface area contributed by atoms with Gasteiger partial charge in [0.1, 0.15) is 10.8 Å².